The number of nitrogens with zero attached hydrogens (tertiary/aromatic N) is 1. The van der Waals surface area contributed by atoms with Crippen molar-refractivity contribution in [3.8, 4) is 11.5 Å². The molecule has 1 fully saturated rings. The third kappa shape index (κ3) is 4.27. The van der Waals surface area contributed by atoms with Gasteiger partial charge in [0.15, 0.2) is 0 Å². The van der Waals surface area contributed by atoms with Crippen molar-refractivity contribution in [2.24, 2.45) is 0 Å². The van der Waals surface area contributed by atoms with Crippen LogP contribution in [-0.4, -0.2) is 44.8 Å². The minimum atomic E-state index is 0.0798. The van der Waals surface area contributed by atoms with Crippen molar-refractivity contribution < 1.29 is 9.47 Å². The third-order valence-corrected chi connectivity index (χ3v) is 4.72. The molecule has 0 saturated carbocycles. The SMILES string of the molecule is CCOc1cccc(C(c2cc(Cl)ccc2OC)N2CCNCC2)c1. The second-order valence-corrected chi connectivity index (χ2v) is 6.52. The third-order valence-electron chi connectivity index (χ3n) is 4.49. The second kappa shape index (κ2) is 8.56. The zero-order valence-electron chi connectivity index (χ0n) is 14.8. The van der Waals surface area contributed by atoms with Gasteiger partial charge in [0.2, 0.25) is 0 Å². The quantitative estimate of drug-likeness (QED) is 0.850. The highest BCUT2D eigenvalue weighted by Crippen LogP contribution is 2.37. The highest BCUT2D eigenvalue weighted by molar-refractivity contribution is 6.30. The van der Waals surface area contributed by atoms with Gasteiger partial charge < -0.3 is 14.8 Å². The number of nitrogens with one attached hydrogen (secondary N) is 1. The van der Waals surface area contributed by atoms with E-state index >= 15 is 0 Å². The van der Waals surface area contributed by atoms with E-state index in [1.54, 1.807) is 7.11 Å². The molecular weight excluding hydrogens is 336 g/mol. The van der Waals surface area contributed by atoms with E-state index in [1.807, 2.05) is 37.3 Å². The molecule has 0 bridgehead atoms. The van der Waals surface area contributed by atoms with Gasteiger partial charge in [0.1, 0.15) is 11.5 Å². The van der Waals surface area contributed by atoms with Gasteiger partial charge in [0, 0.05) is 36.8 Å². The predicted molar refractivity (Wildman–Crippen MR) is 102 cm³/mol. The molecule has 2 aromatic carbocycles. The van der Waals surface area contributed by atoms with E-state index in [9.17, 15) is 0 Å². The van der Waals surface area contributed by atoms with Gasteiger partial charge in [-0.1, -0.05) is 23.7 Å². The van der Waals surface area contributed by atoms with Crippen LogP contribution < -0.4 is 14.8 Å². The van der Waals surface area contributed by atoms with E-state index < -0.39 is 0 Å². The summed E-state index contributed by atoms with van der Waals surface area (Å²) in [6, 6.07) is 14.2. The van der Waals surface area contributed by atoms with Gasteiger partial charge in [0.05, 0.1) is 19.8 Å². The number of hydrogen-bond donors (Lipinski definition) is 1. The lowest BCUT2D eigenvalue weighted by molar-refractivity contribution is 0.195. The maximum Gasteiger partial charge on any atom is 0.124 e. The average molecular weight is 361 g/mol. The number of rotatable bonds is 6. The number of methoxy groups -OCH3 is 1. The van der Waals surface area contributed by atoms with E-state index in [1.165, 1.54) is 5.56 Å². The molecule has 4 nitrogen and oxygen atoms in total. The Bertz CT molecular complexity index is 702. The first-order valence-corrected chi connectivity index (χ1v) is 9.11. The summed E-state index contributed by atoms with van der Waals surface area (Å²) in [6.45, 7) is 6.55. The summed E-state index contributed by atoms with van der Waals surface area (Å²) < 4.78 is 11.4. The van der Waals surface area contributed by atoms with Crippen molar-refractivity contribution in [1.29, 1.82) is 0 Å². The van der Waals surface area contributed by atoms with E-state index in [0.717, 1.165) is 48.3 Å². The van der Waals surface area contributed by atoms with Crippen LogP contribution in [0.15, 0.2) is 42.5 Å². The summed E-state index contributed by atoms with van der Waals surface area (Å²) in [7, 11) is 1.71. The topological polar surface area (TPSA) is 33.7 Å². The summed E-state index contributed by atoms with van der Waals surface area (Å²) in [5, 5.41) is 4.14. The first-order valence-electron chi connectivity index (χ1n) is 8.74. The Labute approximate surface area is 154 Å². The molecule has 1 unspecified atom stereocenters. The van der Waals surface area contributed by atoms with Gasteiger partial charge in [-0.25, -0.2) is 0 Å². The minimum absolute atomic E-state index is 0.0798. The van der Waals surface area contributed by atoms with Gasteiger partial charge in [-0.05, 0) is 42.8 Å². The highest BCUT2D eigenvalue weighted by atomic mass is 35.5. The fraction of sp³-hybridized carbons (Fsp3) is 0.400. The van der Waals surface area contributed by atoms with Crippen LogP contribution in [0.5, 0.6) is 11.5 Å². The lowest BCUT2D eigenvalue weighted by atomic mass is 9.95. The number of hydrogen-bond acceptors (Lipinski definition) is 4. The standard InChI is InChI=1S/C20H25ClN2O2/c1-3-25-17-6-4-5-15(13-17)20(23-11-9-22-10-12-23)18-14-16(21)7-8-19(18)24-2/h4-8,13-14,20,22H,3,9-12H2,1-2H3. The number of halogens is 1. The van der Waals surface area contributed by atoms with Gasteiger partial charge in [0.25, 0.3) is 0 Å². The Morgan fingerprint density at radius 3 is 2.68 bits per heavy atom. The van der Waals surface area contributed by atoms with E-state index in [-0.39, 0.29) is 6.04 Å². The monoisotopic (exact) mass is 360 g/mol. The summed E-state index contributed by atoms with van der Waals surface area (Å²) in [4.78, 5) is 2.47. The molecule has 5 heteroatoms. The fourth-order valence-corrected chi connectivity index (χ4v) is 3.57. The van der Waals surface area contributed by atoms with Crippen molar-refractivity contribution in [2.45, 2.75) is 13.0 Å². The normalized spacial score (nSPS) is 16.4. The van der Waals surface area contributed by atoms with Crippen molar-refractivity contribution in [1.82, 2.24) is 10.2 Å². The van der Waals surface area contributed by atoms with Crippen molar-refractivity contribution in [3.63, 3.8) is 0 Å². The smallest absolute Gasteiger partial charge is 0.124 e. The molecule has 134 valence electrons. The molecule has 25 heavy (non-hydrogen) atoms. The van der Waals surface area contributed by atoms with Crippen LogP contribution in [0.1, 0.15) is 24.1 Å². The molecule has 0 aliphatic carbocycles. The molecular formula is C20H25ClN2O2. The molecule has 0 spiro atoms. The van der Waals surface area contributed by atoms with Crippen LogP contribution in [0.25, 0.3) is 0 Å². The van der Waals surface area contributed by atoms with Gasteiger partial charge in [-0.15, -0.1) is 0 Å². The molecule has 1 aliphatic rings. The van der Waals surface area contributed by atoms with E-state index in [0.29, 0.717) is 6.61 Å². The first-order chi connectivity index (χ1) is 12.2. The van der Waals surface area contributed by atoms with Gasteiger partial charge in [-0.3, -0.25) is 4.90 Å². The fourth-order valence-electron chi connectivity index (χ4n) is 3.39. The Morgan fingerprint density at radius 2 is 1.96 bits per heavy atom. The summed E-state index contributed by atoms with van der Waals surface area (Å²) in [6.07, 6.45) is 0. The van der Waals surface area contributed by atoms with Crippen LogP contribution in [0.2, 0.25) is 5.02 Å². The zero-order valence-corrected chi connectivity index (χ0v) is 15.6. The average Bonchev–Trinajstić information content (AvgIpc) is 2.64. The van der Waals surface area contributed by atoms with Gasteiger partial charge >= 0.3 is 0 Å². The molecule has 2 aromatic rings. The molecule has 0 amide bonds. The molecule has 3 rings (SSSR count). The van der Waals surface area contributed by atoms with Crippen LogP contribution in [0.3, 0.4) is 0 Å². The molecule has 0 aromatic heterocycles. The van der Waals surface area contributed by atoms with Crippen LogP contribution in [0, 0.1) is 0 Å². The summed E-state index contributed by atoms with van der Waals surface area (Å²) in [5.41, 5.74) is 2.28. The number of piperazine rings is 1. The maximum absolute atomic E-state index is 6.31. The molecule has 1 saturated heterocycles. The van der Waals surface area contributed by atoms with E-state index in [2.05, 4.69) is 22.3 Å². The predicted octanol–water partition coefficient (Wildman–Crippen LogP) is 3.74. The molecule has 0 radical (unpaired) electrons. The maximum atomic E-state index is 6.31. The summed E-state index contributed by atoms with van der Waals surface area (Å²) >= 11 is 6.31. The van der Waals surface area contributed by atoms with Crippen molar-refractivity contribution in [3.05, 3.63) is 58.6 Å². The molecule has 1 N–H and O–H groups in total. The van der Waals surface area contributed by atoms with Crippen molar-refractivity contribution >= 4 is 11.6 Å². The Hall–Kier alpha value is -1.75. The largest absolute Gasteiger partial charge is 0.496 e. The minimum Gasteiger partial charge on any atom is -0.496 e. The van der Waals surface area contributed by atoms with Crippen molar-refractivity contribution in [2.75, 3.05) is 39.9 Å². The first kappa shape index (κ1) is 18.1. The summed E-state index contributed by atoms with van der Waals surface area (Å²) in [5.74, 6) is 1.75. The second-order valence-electron chi connectivity index (χ2n) is 6.08. The molecule has 1 atom stereocenters. The molecule has 1 heterocycles. The zero-order chi connectivity index (χ0) is 17.6. The van der Waals surface area contributed by atoms with Crippen LogP contribution in [-0.2, 0) is 0 Å². The van der Waals surface area contributed by atoms with Gasteiger partial charge in [-0.2, -0.15) is 0 Å². The number of benzene rings is 2. The number of ether oxygens (including phenoxy) is 2. The van der Waals surface area contributed by atoms with Crippen LogP contribution in [0.4, 0.5) is 0 Å². The Balaban J connectivity index is 2.07. The van der Waals surface area contributed by atoms with Crippen LogP contribution >= 0.6 is 11.6 Å². The lowest BCUT2D eigenvalue weighted by Gasteiger charge is -2.36. The Morgan fingerprint density at radius 1 is 1.16 bits per heavy atom. The Kier molecular flexibility index (Phi) is 6.19. The lowest BCUT2D eigenvalue weighted by Crippen LogP contribution is -2.45. The van der Waals surface area contributed by atoms with E-state index in [4.69, 9.17) is 21.1 Å². The molecule has 1 aliphatic heterocycles. The highest BCUT2D eigenvalue weighted by Gasteiger charge is 2.27.